The minimum Gasteiger partial charge on any atom is -0.333 e. The number of imidazole rings is 1. The Bertz CT molecular complexity index is 2800. The summed E-state index contributed by atoms with van der Waals surface area (Å²) in [5.74, 6) is 2.80. The largest absolute Gasteiger partial charge is 0.333 e. The van der Waals surface area contributed by atoms with Crippen LogP contribution in [0.5, 0.6) is 0 Å². The Balaban J connectivity index is 0.000000201. The topological polar surface area (TPSA) is 30.7 Å². The van der Waals surface area contributed by atoms with Gasteiger partial charge in [0.05, 0.1) is 24.9 Å². The van der Waals surface area contributed by atoms with Crippen LogP contribution < -0.4 is 5.19 Å². The smallest absolute Gasteiger partial charge is 0.0798 e. The van der Waals surface area contributed by atoms with Gasteiger partial charge < -0.3 is 9.55 Å². The predicted octanol–water partition coefficient (Wildman–Crippen LogP) is 14.7. The van der Waals surface area contributed by atoms with Crippen molar-refractivity contribution in [3.63, 3.8) is 0 Å². The summed E-state index contributed by atoms with van der Waals surface area (Å²) in [7, 11) is -1.35. The first-order chi connectivity index (χ1) is 30.1. The van der Waals surface area contributed by atoms with Gasteiger partial charge in [-0.2, -0.15) is 0 Å². The third-order valence-corrected chi connectivity index (χ3v) is 15.2. The molecule has 2 aromatic heterocycles. The Labute approximate surface area is 390 Å². The van der Waals surface area contributed by atoms with Crippen LogP contribution in [0.1, 0.15) is 105 Å². The molecule has 1 atom stereocenters. The first kappa shape index (κ1) is 44.4. The third kappa shape index (κ3) is 8.99. The molecule has 0 bridgehead atoms. The molecule has 321 valence electrons. The van der Waals surface area contributed by atoms with Crippen molar-refractivity contribution in [3.8, 4) is 39.5 Å². The average Bonchev–Trinajstić information content (AvgIpc) is 4.03. The molecule has 0 saturated heterocycles. The number of fused-ring (bicyclic) bond motifs is 4. The van der Waals surface area contributed by atoms with Gasteiger partial charge in [-0.1, -0.05) is 175 Å². The molecule has 0 N–H and O–H groups in total. The quantitative estimate of drug-likeness (QED) is 0.107. The molecule has 1 saturated carbocycles. The molecule has 0 aliphatic heterocycles. The van der Waals surface area contributed by atoms with Crippen LogP contribution in [0.25, 0.3) is 50.5 Å². The molecule has 1 unspecified atom stereocenters. The SMILES string of the molecule is CC(C)c1cccc(C(C)C)c1-n1c(-c2[c-]cc3c(c2)-c2ccccc2C3c2ccccc2)nc2ccccc21.C[Si](C)(C)c1cnc(-c2[c-]cccc2)cc1CC1CCCC1.[Ir]. The summed E-state index contributed by atoms with van der Waals surface area (Å²) < 4.78 is 2.40. The van der Waals surface area contributed by atoms with Gasteiger partial charge in [-0.05, 0) is 75.0 Å². The first-order valence-corrected chi connectivity index (χ1v) is 26.3. The molecule has 2 aliphatic rings. The van der Waals surface area contributed by atoms with Gasteiger partial charge in [-0.3, -0.25) is 4.98 Å². The molecule has 8 aromatic rings. The Morgan fingerprint density at radius 3 is 2.06 bits per heavy atom. The van der Waals surface area contributed by atoms with Crippen LogP contribution in [0.15, 0.2) is 146 Å². The fraction of sp³-hybridized carbons (Fsp3) is 0.276. The fourth-order valence-electron chi connectivity index (χ4n) is 10.0. The van der Waals surface area contributed by atoms with Crippen LogP contribution >= 0.6 is 0 Å². The number of hydrogen-bond donors (Lipinski definition) is 0. The van der Waals surface area contributed by atoms with Gasteiger partial charge in [0.2, 0.25) is 0 Å². The van der Waals surface area contributed by atoms with Crippen molar-refractivity contribution in [2.75, 3.05) is 0 Å². The van der Waals surface area contributed by atoms with E-state index in [9.17, 15) is 0 Å². The summed E-state index contributed by atoms with van der Waals surface area (Å²) in [6.45, 7) is 16.4. The van der Waals surface area contributed by atoms with E-state index in [2.05, 4.69) is 198 Å². The van der Waals surface area contributed by atoms with E-state index >= 15 is 0 Å². The maximum atomic E-state index is 5.25. The van der Waals surface area contributed by atoms with Crippen LogP contribution in [0.3, 0.4) is 0 Å². The van der Waals surface area contributed by atoms with Gasteiger partial charge in [0, 0.05) is 37.9 Å². The molecule has 1 radical (unpaired) electrons. The van der Waals surface area contributed by atoms with Gasteiger partial charge in [-0.25, -0.2) is 0 Å². The first-order valence-electron chi connectivity index (χ1n) is 22.8. The molecular formula is C58H59IrN3Si-2. The third-order valence-electron chi connectivity index (χ3n) is 13.1. The molecule has 10 rings (SSSR count). The van der Waals surface area contributed by atoms with Gasteiger partial charge in [-0.15, -0.1) is 65.2 Å². The molecule has 2 heterocycles. The van der Waals surface area contributed by atoms with E-state index in [1.54, 1.807) is 10.8 Å². The fourth-order valence-corrected chi connectivity index (χ4v) is 11.6. The van der Waals surface area contributed by atoms with E-state index in [1.165, 1.54) is 76.7 Å². The number of aromatic nitrogens is 3. The second-order valence-electron chi connectivity index (χ2n) is 19.1. The monoisotopic (exact) mass is 1020 g/mol. The number of rotatable bonds is 9. The van der Waals surface area contributed by atoms with Gasteiger partial charge in [0.25, 0.3) is 0 Å². The van der Waals surface area contributed by atoms with Crippen molar-refractivity contribution in [1.82, 2.24) is 14.5 Å². The van der Waals surface area contributed by atoms with Crippen LogP contribution in [0.2, 0.25) is 19.6 Å². The van der Waals surface area contributed by atoms with Crippen molar-refractivity contribution < 1.29 is 20.1 Å². The number of pyridine rings is 1. The van der Waals surface area contributed by atoms with Crippen molar-refractivity contribution in [2.24, 2.45) is 5.92 Å². The van der Waals surface area contributed by atoms with E-state index < -0.39 is 8.07 Å². The zero-order valence-electron chi connectivity index (χ0n) is 37.9. The number of nitrogens with zero attached hydrogens (tertiary/aromatic N) is 3. The molecule has 0 amide bonds. The molecular weight excluding hydrogens is 959 g/mol. The second kappa shape index (κ2) is 18.9. The average molecular weight is 1020 g/mol. The zero-order valence-corrected chi connectivity index (χ0v) is 41.3. The van der Waals surface area contributed by atoms with Crippen LogP contribution in [0.4, 0.5) is 0 Å². The second-order valence-corrected chi connectivity index (χ2v) is 24.1. The van der Waals surface area contributed by atoms with E-state index in [0.29, 0.717) is 11.8 Å². The summed E-state index contributed by atoms with van der Waals surface area (Å²) in [6.07, 6.45) is 9.03. The normalized spacial score (nSPS) is 14.7. The Hall–Kier alpha value is -5.19. The number of hydrogen-bond acceptors (Lipinski definition) is 2. The zero-order chi connectivity index (χ0) is 43.0. The van der Waals surface area contributed by atoms with E-state index in [-0.39, 0.29) is 26.0 Å². The summed E-state index contributed by atoms with van der Waals surface area (Å²) in [6, 6.07) is 57.0. The van der Waals surface area contributed by atoms with E-state index in [4.69, 9.17) is 9.97 Å². The molecule has 63 heavy (non-hydrogen) atoms. The molecule has 1 fully saturated rings. The van der Waals surface area contributed by atoms with Crippen molar-refractivity contribution >= 4 is 24.3 Å². The summed E-state index contributed by atoms with van der Waals surface area (Å²) in [5.41, 5.74) is 17.4. The standard InChI is InChI=1S/C38H33N2.C20H26NSi.Ir/c1-24(2)28-17-12-18-29(25(3)4)37(28)40-35-20-11-10-19-34(35)39-38(40)27-21-22-32-33(23-27)30-15-8-9-16-31(30)36(32)26-13-6-5-7-14-26;1-22(2,3)20-15-21-19(17-11-5-4-6-12-17)14-18(20)13-16-9-7-8-10-16;/h5-20,22-25,36H,1-4H3;4-6,11,14-16H,7-10,13H2,1-3H3;/q2*-1;. The van der Waals surface area contributed by atoms with E-state index in [0.717, 1.165) is 39.6 Å². The summed E-state index contributed by atoms with van der Waals surface area (Å²) in [5, 5.41) is 1.54. The number of benzene rings is 6. The Kier molecular flexibility index (Phi) is 13.3. The predicted molar refractivity (Wildman–Crippen MR) is 263 cm³/mol. The Morgan fingerprint density at radius 1 is 0.683 bits per heavy atom. The molecule has 6 aromatic carbocycles. The van der Waals surface area contributed by atoms with Crippen LogP contribution in [-0.2, 0) is 26.5 Å². The Morgan fingerprint density at radius 2 is 1.37 bits per heavy atom. The van der Waals surface area contributed by atoms with Crippen molar-refractivity contribution in [3.05, 3.63) is 191 Å². The summed E-state index contributed by atoms with van der Waals surface area (Å²) >= 11 is 0. The minimum atomic E-state index is -1.35. The molecule has 5 heteroatoms. The maximum Gasteiger partial charge on any atom is 0.0798 e. The van der Waals surface area contributed by atoms with Crippen molar-refractivity contribution in [2.45, 2.75) is 97.2 Å². The van der Waals surface area contributed by atoms with Gasteiger partial charge in [0.15, 0.2) is 0 Å². The van der Waals surface area contributed by atoms with Gasteiger partial charge >= 0.3 is 0 Å². The van der Waals surface area contributed by atoms with E-state index in [1.807, 2.05) is 12.1 Å². The summed E-state index contributed by atoms with van der Waals surface area (Å²) in [4.78, 5) is 10.0. The van der Waals surface area contributed by atoms with Crippen molar-refractivity contribution in [1.29, 1.82) is 0 Å². The van der Waals surface area contributed by atoms with Crippen LogP contribution in [-0.4, -0.2) is 22.6 Å². The maximum absolute atomic E-state index is 5.25. The molecule has 0 spiro atoms. The number of para-hydroxylation sites is 3. The van der Waals surface area contributed by atoms with Gasteiger partial charge in [0.1, 0.15) is 0 Å². The minimum absolute atomic E-state index is 0. The van der Waals surface area contributed by atoms with Crippen LogP contribution in [0, 0.1) is 18.1 Å². The molecule has 2 aliphatic carbocycles. The molecule has 3 nitrogen and oxygen atoms in total.